The van der Waals surface area contributed by atoms with Gasteiger partial charge in [-0.1, -0.05) is 12.0 Å². The van der Waals surface area contributed by atoms with E-state index in [2.05, 4.69) is 26.9 Å². The molecule has 25 heavy (non-hydrogen) atoms. The number of aliphatic hydroxyl groups is 1. The molecule has 1 aromatic rings. The lowest BCUT2D eigenvalue weighted by atomic mass is 9.93. The molecule has 134 valence electrons. The summed E-state index contributed by atoms with van der Waals surface area (Å²) in [5, 5.41) is 18.9. The Bertz CT molecular complexity index is 643. The number of amides is 1. The predicted molar refractivity (Wildman–Crippen MR) is 100 cm³/mol. The van der Waals surface area contributed by atoms with E-state index >= 15 is 0 Å². The minimum atomic E-state index is -0.203. The van der Waals surface area contributed by atoms with Crippen LogP contribution in [0.15, 0.2) is 29.3 Å². The van der Waals surface area contributed by atoms with Crippen LogP contribution in [0, 0.1) is 12.3 Å². The number of rotatable bonds is 5. The first-order valence-electron chi connectivity index (χ1n) is 8.70. The Morgan fingerprint density at radius 3 is 2.80 bits per heavy atom. The smallest absolute Gasteiger partial charge is 0.246 e. The van der Waals surface area contributed by atoms with Gasteiger partial charge in [0.2, 0.25) is 5.91 Å². The standard InChI is InChI=1S/C19H26N4O2/c1-3-14-6-5-7-16(12-14)22-18(25)13-21-19(20-4-2)23-15-8-10-17(24)11-9-15/h1,5-7,12,15,17,24H,4,8-11,13H2,2H3,(H,22,25)(H2,20,21,23). The van der Waals surface area contributed by atoms with Crippen LogP contribution < -0.4 is 16.0 Å². The Balaban J connectivity index is 1.88. The molecule has 2 rings (SSSR count). The molecule has 6 heteroatoms. The molecule has 0 spiro atoms. The zero-order valence-electron chi connectivity index (χ0n) is 14.6. The third kappa shape index (κ3) is 6.48. The second-order valence-electron chi connectivity index (χ2n) is 6.12. The summed E-state index contributed by atoms with van der Waals surface area (Å²) < 4.78 is 0. The van der Waals surface area contributed by atoms with Gasteiger partial charge in [-0.3, -0.25) is 4.79 Å². The van der Waals surface area contributed by atoms with Gasteiger partial charge < -0.3 is 21.1 Å². The highest BCUT2D eigenvalue weighted by Crippen LogP contribution is 2.18. The highest BCUT2D eigenvalue weighted by Gasteiger charge is 2.20. The lowest BCUT2D eigenvalue weighted by Gasteiger charge is -2.27. The predicted octanol–water partition coefficient (Wildman–Crippen LogP) is 1.46. The number of hydrogen-bond acceptors (Lipinski definition) is 3. The Morgan fingerprint density at radius 1 is 1.36 bits per heavy atom. The van der Waals surface area contributed by atoms with Crippen LogP contribution in [0.2, 0.25) is 0 Å². The maximum absolute atomic E-state index is 12.1. The number of aliphatic hydroxyl groups excluding tert-OH is 1. The molecule has 1 aromatic carbocycles. The molecule has 1 amide bonds. The zero-order valence-corrected chi connectivity index (χ0v) is 14.6. The van der Waals surface area contributed by atoms with Crippen molar-refractivity contribution in [3.63, 3.8) is 0 Å². The van der Waals surface area contributed by atoms with E-state index < -0.39 is 0 Å². The fourth-order valence-corrected chi connectivity index (χ4v) is 2.77. The highest BCUT2D eigenvalue weighted by molar-refractivity contribution is 5.94. The van der Waals surface area contributed by atoms with E-state index in [1.807, 2.05) is 13.0 Å². The van der Waals surface area contributed by atoms with Crippen LogP contribution in [0.4, 0.5) is 5.69 Å². The second kappa shape index (κ2) is 9.70. The maximum atomic E-state index is 12.1. The molecule has 4 N–H and O–H groups in total. The average Bonchev–Trinajstić information content (AvgIpc) is 2.62. The molecule has 0 unspecified atom stereocenters. The van der Waals surface area contributed by atoms with Crippen LogP contribution in [0.1, 0.15) is 38.2 Å². The summed E-state index contributed by atoms with van der Waals surface area (Å²) in [5.74, 6) is 2.96. The van der Waals surface area contributed by atoms with E-state index in [9.17, 15) is 9.90 Å². The summed E-state index contributed by atoms with van der Waals surface area (Å²) in [6, 6.07) is 7.42. The first kappa shape index (κ1) is 18.8. The number of nitrogens with zero attached hydrogens (tertiary/aromatic N) is 1. The Hall–Kier alpha value is -2.52. The van der Waals surface area contributed by atoms with Gasteiger partial charge in [0.05, 0.1) is 6.10 Å². The van der Waals surface area contributed by atoms with Gasteiger partial charge in [-0.15, -0.1) is 6.42 Å². The molecule has 6 nitrogen and oxygen atoms in total. The fourth-order valence-electron chi connectivity index (χ4n) is 2.77. The maximum Gasteiger partial charge on any atom is 0.246 e. The van der Waals surface area contributed by atoms with Crippen molar-refractivity contribution in [2.45, 2.75) is 44.8 Å². The van der Waals surface area contributed by atoms with Gasteiger partial charge >= 0.3 is 0 Å². The van der Waals surface area contributed by atoms with E-state index in [1.54, 1.807) is 18.2 Å². The first-order chi connectivity index (χ1) is 12.1. The monoisotopic (exact) mass is 342 g/mol. The van der Waals surface area contributed by atoms with Crippen molar-refractivity contribution < 1.29 is 9.90 Å². The second-order valence-corrected chi connectivity index (χ2v) is 6.12. The number of nitrogens with one attached hydrogen (secondary N) is 3. The summed E-state index contributed by atoms with van der Waals surface area (Å²) >= 11 is 0. The fraction of sp³-hybridized carbons (Fsp3) is 0.474. The summed E-state index contributed by atoms with van der Waals surface area (Å²) in [5.41, 5.74) is 1.38. The topological polar surface area (TPSA) is 85.8 Å². The number of hydrogen-bond donors (Lipinski definition) is 4. The quantitative estimate of drug-likeness (QED) is 0.371. The summed E-state index contributed by atoms with van der Waals surface area (Å²) in [6.07, 6.45) is 8.56. The van der Waals surface area contributed by atoms with Crippen LogP contribution >= 0.6 is 0 Å². The molecule has 1 saturated carbocycles. The Labute approximate surface area is 149 Å². The van der Waals surface area contributed by atoms with E-state index in [0.29, 0.717) is 18.2 Å². The van der Waals surface area contributed by atoms with E-state index in [0.717, 1.165) is 31.2 Å². The van der Waals surface area contributed by atoms with Crippen molar-refractivity contribution in [3.8, 4) is 12.3 Å². The number of benzene rings is 1. The van der Waals surface area contributed by atoms with Crippen LogP contribution in [0.3, 0.4) is 0 Å². The third-order valence-corrected chi connectivity index (χ3v) is 4.08. The van der Waals surface area contributed by atoms with Crippen LogP contribution in [-0.2, 0) is 4.79 Å². The number of aliphatic imine (C=N–C) groups is 1. The van der Waals surface area contributed by atoms with Gasteiger partial charge in [0.15, 0.2) is 5.96 Å². The van der Waals surface area contributed by atoms with E-state index in [1.165, 1.54) is 0 Å². The molecular weight excluding hydrogens is 316 g/mol. The van der Waals surface area contributed by atoms with Gasteiger partial charge in [-0.05, 0) is 50.8 Å². The lowest BCUT2D eigenvalue weighted by molar-refractivity contribution is -0.114. The van der Waals surface area contributed by atoms with Gasteiger partial charge in [0, 0.05) is 23.8 Å². The summed E-state index contributed by atoms with van der Waals surface area (Å²) in [6.45, 7) is 2.71. The molecule has 0 heterocycles. The summed E-state index contributed by atoms with van der Waals surface area (Å²) in [7, 11) is 0. The van der Waals surface area contributed by atoms with Gasteiger partial charge in [-0.25, -0.2) is 4.99 Å². The molecule has 0 aliphatic heterocycles. The molecule has 0 atom stereocenters. The minimum Gasteiger partial charge on any atom is -0.393 e. The summed E-state index contributed by atoms with van der Waals surface area (Å²) in [4.78, 5) is 16.4. The van der Waals surface area contributed by atoms with Gasteiger partial charge in [-0.2, -0.15) is 0 Å². The first-order valence-corrected chi connectivity index (χ1v) is 8.70. The van der Waals surface area contributed by atoms with Gasteiger partial charge in [0.25, 0.3) is 0 Å². The van der Waals surface area contributed by atoms with Crippen molar-refractivity contribution in [2.24, 2.45) is 4.99 Å². The molecule has 1 aliphatic carbocycles. The van der Waals surface area contributed by atoms with Crippen molar-refractivity contribution in [3.05, 3.63) is 29.8 Å². The third-order valence-electron chi connectivity index (χ3n) is 4.08. The molecule has 0 saturated heterocycles. The SMILES string of the molecule is C#Cc1cccc(NC(=O)CN=C(NCC)NC2CCC(O)CC2)c1. The number of guanidine groups is 1. The normalized spacial score (nSPS) is 20.4. The number of carbonyl (C=O) groups excluding carboxylic acids is 1. The molecule has 1 aliphatic rings. The molecular formula is C19H26N4O2. The zero-order chi connectivity index (χ0) is 18.1. The molecule has 0 radical (unpaired) electrons. The molecule has 0 aromatic heterocycles. The molecule has 0 bridgehead atoms. The van der Waals surface area contributed by atoms with Gasteiger partial charge in [0.1, 0.15) is 6.54 Å². The van der Waals surface area contributed by atoms with Crippen LogP contribution in [-0.4, -0.2) is 42.2 Å². The van der Waals surface area contributed by atoms with E-state index in [-0.39, 0.29) is 24.6 Å². The molecule has 1 fully saturated rings. The van der Waals surface area contributed by atoms with Crippen molar-refractivity contribution in [1.29, 1.82) is 0 Å². The largest absolute Gasteiger partial charge is 0.393 e. The minimum absolute atomic E-state index is 0.0188. The number of anilines is 1. The van der Waals surface area contributed by atoms with Crippen molar-refractivity contribution in [2.75, 3.05) is 18.4 Å². The number of terminal acetylenes is 1. The van der Waals surface area contributed by atoms with Crippen molar-refractivity contribution in [1.82, 2.24) is 10.6 Å². The van der Waals surface area contributed by atoms with Crippen molar-refractivity contribution >= 4 is 17.6 Å². The highest BCUT2D eigenvalue weighted by atomic mass is 16.3. The number of carbonyl (C=O) groups is 1. The lowest BCUT2D eigenvalue weighted by Crippen LogP contribution is -2.45. The van der Waals surface area contributed by atoms with Crippen LogP contribution in [0.5, 0.6) is 0 Å². The van der Waals surface area contributed by atoms with Crippen LogP contribution in [0.25, 0.3) is 0 Å². The Kier molecular flexibility index (Phi) is 7.30. The average molecular weight is 342 g/mol. The Morgan fingerprint density at radius 2 is 2.12 bits per heavy atom. The van der Waals surface area contributed by atoms with E-state index in [4.69, 9.17) is 6.42 Å².